The Balaban J connectivity index is 2.23. The van der Waals surface area contributed by atoms with Gasteiger partial charge >= 0.3 is 17.6 Å². The maximum atomic E-state index is 11.9. The van der Waals surface area contributed by atoms with Gasteiger partial charge in [0.05, 0.1) is 0 Å². The van der Waals surface area contributed by atoms with Crippen molar-refractivity contribution < 1.29 is 34.1 Å². The molecule has 2 heterocycles. The van der Waals surface area contributed by atoms with Crippen LogP contribution in [-0.2, 0) is 23.8 Å². The third-order valence-corrected chi connectivity index (χ3v) is 3.25. The Morgan fingerprint density at radius 2 is 2.17 bits per heavy atom. The minimum Gasteiger partial charge on any atom is -0.459 e. The van der Waals surface area contributed by atoms with E-state index in [9.17, 15) is 19.5 Å². The van der Waals surface area contributed by atoms with Crippen molar-refractivity contribution in [2.24, 2.45) is 0 Å². The van der Waals surface area contributed by atoms with E-state index in [1.165, 1.54) is 19.2 Å². The van der Waals surface area contributed by atoms with E-state index in [0.29, 0.717) is 0 Å². The highest BCUT2D eigenvalue weighted by atomic mass is 16.7. The molecular weight excluding hydrogens is 326 g/mol. The van der Waals surface area contributed by atoms with Gasteiger partial charge in [0.15, 0.2) is 11.9 Å². The average molecular weight is 343 g/mol. The smallest absolute Gasteiger partial charge is 0.351 e. The Morgan fingerprint density at radius 3 is 2.71 bits per heavy atom. The third-order valence-electron chi connectivity index (χ3n) is 3.25. The van der Waals surface area contributed by atoms with Crippen molar-refractivity contribution in [2.75, 3.05) is 5.48 Å². The first-order valence-electron chi connectivity index (χ1n) is 6.99. The summed E-state index contributed by atoms with van der Waals surface area (Å²) >= 11 is 0. The SMILES string of the molecule is CC(=O)OC(O)[C@H]1O[C@@H](n2ccc(NO)nc2=O)C[C@@H]1OC(C)=O. The van der Waals surface area contributed by atoms with E-state index in [-0.39, 0.29) is 12.2 Å². The van der Waals surface area contributed by atoms with Gasteiger partial charge in [-0.2, -0.15) is 4.98 Å². The number of aliphatic hydroxyl groups is 1. The van der Waals surface area contributed by atoms with E-state index in [1.807, 2.05) is 0 Å². The number of hydrogen-bond donors (Lipinski definition) is 3. The number of carbonyl (C=O) groups is 2. The summed E-state index contributed by atoms with van der Waals surface area (Å²) in [4.78, 5) is 37.7. The summed E-state index contributed by atoms with van der Waals surface area (Å²) in [6.45, 7) is 2.28. The quantitative estimate of drug-likeness (QED) is 0.350. The molecule has 0 aliphatic carbocycles. The van der Waals surface area contributed by atoms with Crippen LogP contribution in [0, 0.1) is 0 Å². The molecule has 2 rings (SSSR count). The Morgan fingerprint density at radius 1 is 1.46 bits per heavy atom. The molecule has 0 spiro atoms. The van der Waals surface area contributed by atoms with E-state index in [0.717, 1.165) is 11.5 Å². The summed E-state index contributed by atoms with van der Waals surface area (Å²) in [5.74, 6) is -1.41. The molecule has 0 saturated carbocycles. The Kier molecular flexibility index (Phi) is 5.49. The molecule has 11 heteroatoms. The largest absolute Gasteiger partial charge is 0.459 e. The first-order valence-corrected chi connectivity index (χ1v) is 6.99. The highest BCUT2D eigenvalue weighted by molar-refractivity contribution is 5.66. The molecule has 11 nitrogen and oxygen atoms in total. The van der Waals surface area contributed by atoms with Crippen molar-refractivity contribution in [3.63, 3.8) is 0 Å². The minimum absolute atomic E-state index is 0.0378. The van der Waals surface area contributed by atoms with Gasteiger partial charge in [0.2, 0.25) is 6.29 Å². The zero-order valence-electron chi connectivity index (χ0n) is 12.9. The summed E-state index contributed by atoms with van der Waals surface area (Å²) in [6.07, 6.45) is -3.31. The topological polar surface area (TPSA) is 149 Å². The van der Waals surface area contributed by atoms with Crippen molar-refractivity contribution in [1.29, 1.82) is 0 Å². The van der Waals surface area contributed by atoms with Gasteiger partial charge in [-0.1, -0.05) is 0 Å². The van der Waals surface area contributed by atoms with Gasteiger partial charge in [0.1, 0.15) is 12.3 Å². The lowest BCUT2D eigenvalue weighted by atomic mass is 10.1. The molecule has 1 aliphatic rings. The predicted octanol–water partition coefficient (Wildman–Crippen LogP) is -0.855. The van der Waals surface area contributed by atoms with Crippen LogP contribution in [0.1, 0.15) is 26.5 Å². The van der Waals surface area contributed by atoms with Crippen LogP contribution in [0.3, 0.4) is 0 Å². The fourth-order valence-corrected chi connectivity index (χ4v) is 2.35. The summed E-state index contributed by atoms with van der Waals surface area (Å²) in [5.41, 5.74) is 1.00. The number of anilines is 1. The molecule has 1 fully saturated rings. The van der Waals surface area contributed by atoms with Crippen LogP contribution in [-0.4, -0.2) is 50.3 Å². The van der Waals surface area contributed by atoms with Crippen molar-refractivity contribution in [2.45, 2.75) is 45.0 Å². The van der Waals surface area contributed by atoms with Gasteiger partial charge in [-0.05, 0) is 6.07 Å². The first-order chi connectivity index (χ1) is 11.3. The number of hydrogen-bond acceptors (Lipinski definition) is 10. The van der Waals surface area contributed by atoms with Gasteiger partial charge in [-0.25, -0.2) is 4.79 Å². The van der Waals surface area contributed by atoms with Crippen LogP contribution < -0.4 is 11.2 Å². The molecule has 3 N–H and O–H groups in total. The van der Waals surface area contributed by atoms with Crippen LogP contribution in [0.5, 0.6) is 0 Å². The number of esters is 2. The number of rotatable bonds is 5. The van der Waals surface area contributed by atoms with E-state index in [1.54, 1.807) is 5.48 Å². The second-order valence-corrected chi connectivity index (χ2v) is 5.05. The lowest BCUT2D eigenvalue weighted by molar-refractivity contribution is -0.205. The molecule has 4 atom stereocenters. The Bertz CT molecular complexity index is 675. The molecular formula is C13H17N3O8. The molecule has 1 saturated heterocycles. The minimum atomic E-state index is -1.67. The number of ether oxygens (including phenoxy) is 3. The first kappa shape index (κ1) is 17.8. The van der Waals surface area contributed by atoms with Crippen molar-refractivity contribution in [3.8, 4) is 0 Å². The molecule has 1 aromatic rings. The average Bonchev–Trinajstić information content (AvgIpc) is 2.89. The lowest BCUT2D eigenvalue weighted by Crippen LogP contribution is -2.39. The maximum absolute atomic E-state index is 11.9. The van der Waals surface area contributed by atoms with Crippen molar-refractivity contribution in [1.82, 2.24) is 9.55 Å². The zero-order valence-corrected chi connectivity index (χ0v) is 12.9. The second-order valence-electron chi connectivity index (χ2n) is 5.05. The van der Waals surface area contributed by atoms with Crippen molar-refractivity contribution >= 4 is 17.8 Å². The number of aliphatic hydroxyl groups excluding tert-OH is 1. The molecule has 0 amide bonds. The number of aromatic nitrogens is 2. The van der Waals surface area contributed by atoms with Crippen molar-refractivity contribution in [3.05, 3.63) is 22.7 Å². The predicted molar refractivity (Wildman–Crippen MR) is 75.8 cm³/mol. The molecule has 1 aliphatic heterocycles. The number of nitrogens with one attached hydrogen (secondary N) is 1. The van der Waals surface area contributed by atoms with E-state index >= 15 is 0 Å². The van der Waals surface area contributed by atoms with Crippen LogP contribution in [0.15, 0.2) is 17.1 Å². The van der Waals surface area contributed by atoms with Crippen LogP contribution >= 0.6 is 0 Å². The Hall–Kier alpha value is -2.50. The normalized spacial score (nSPS) is 24.2. The van der Waals surface area contributed by atoms with Crippen LogP contribution in [0.2, 0.25) is 0 Å². The van der Waals surface area contributed by atoms with E-state index < -0.39 is 42.4 Å². The summed E-state index contributed by atoms with van der Waals surface area (Å²) in [6, 6.07) is 1.32. The highest BCUT2D eigenvalue weighted by Gasteiger charge is 2.44. The molecule has 1 unspecified atom stereocenters. The molecule has 1 aromatic heterocycles. The second kappa shape index (κ2) is 7.38. The van der Waals surface area contributed by atoms with Crippen LogP contribution in [0.4, 0.5) is 5.82 Å². The van der Waals surface area contributed by atoms with Crippen LogP contribution in [0.25, 0.3) is 0 Å². The fourth-order valence-electron chi connectivity index (χ4n) is 2.35. The van der Waals surface area contributed by atoms with E-state index in [4.69, 9.17) is 14.7 Å². The Labute approximate surface area is 135 Å². The van der Waals surface area contributed by atoms with Gasteiger partial charge in [0, 0.05) is 26.5 Å². The maximum Gasteiger partial charge on any atom is 0.351 e. The lowest BCUT2D eigenvalue weighted by Gasteiger charge is -2.22. The molecule has 0 radical (unpaired) electrons. The summed E-state index contributed by atoms with van der Waals surface area (Å²) in [7, 11) is 0. The summed E-state index contributed by atoms with van der Waals surface area (Å²) in [5, 5.41) is 18.6. The molecule has 132 valence electrons. The number of nitrogens with zero attached hydrogens (tertiary/aromatic N) is 2. The molecule has 0 aromatic carbocycles. The standard InChI is InChI=1S/C13H17N3O8/c1-6(17)22-8-5-10(24-11(8)12(19)23-7(2)18)16-4-3-9(15-21)14-13(16)20/h3-4,8,10-12,19,21H,5H2,1-2H3,(H,14,15,20)/t8-,10+,11-,12?/m0/s1. The number of carbonyl (C=O) groups excluding carboxylic acids is 2. The van der Waals surface area contributed by atoms with Gasteiger partial charge in [-0.3, -0.25) is 24.8 Å². The van der Waals surface area contributed by atoms with Gasteiger partial charge in [-0.15, -0.1) is 0 Å². The zero-order chi connectivity index (χ0) is 17.9. The van der Waals surface area contributed by atoms with Gasteiger partial charge < -0.3 is 19.3 Å². The van der Waals surface area contributed by atoms with Gasteiger partial charge in [0.25, 0.3) is 0 Å². The highest BCUT2D eigenvalue weighted by Crippen LogP contribution is 2.32. The monoisotopic (exact) mass is 343 g/mol. The summed E-state index contributed by atoms with van der Waals surface area (Å²) < 4.78 is 16.3. The fraction of sp³-hybridized carbons (Fsp3) is 0.538. The van der Waals surface area contributed by atoms with E-state index in [2.05, 4.69) is 9.72 Å². The molecule has 0 bridgehead atoms. The molecule has 24 heavy (non-hydrogen) atoms. The third kappa shape index (κ3) is 4.07.